The minimum Gasteiger partial charge on any atom is -0.506 e. The van der Waals surface area contributed by atoms with Crippen LogP contribution in [0, 0.1) is 0 Å². The van der Waals surface area contributed by atoms with Crippen molar-refractivity contribution >= 4 is 62.7 Å². The molecule has 0 saturated carbocycles. The summed E-state index contributed by atoms with van der Waals surface area (Å²) in [5, 5.41) is 12.1. The van der Waals surface area contributed by atoms with Crippen molar-refractivity contribution in [2.45, 2.75) is 12.3 Å². The maximum Gasteiger partial charge on any atom is 0.339 e. The number of halogens is 1. The minimum absolute atomic E-state index is 0.112. The number of methoxy groups -OCH3 is 1. The molecule has 11 heteroatoms. The number of H-pyrrole nitrogens is 1. The number of aromatic nitrogens is 2. The van der Waals surface area contributed by atoms with Crippen LogP contribution in [0.15, 0.2) is 36.5 Å². The van der Waals surface area contributed by atoms with E-state index in [1.165, 1.54) is 24.3 Å². The van der Waals surface area contributed by atoms with Crippen LogP contribution in [-0.4, -0.2) is 59.1 Å². The number of rotatable bonds is 3. The van der Waals surface area contributed by atoms with Crippen molar-refractivity contribution in [1.82, 2.24) is 9.97 Å². The minimum atomic E-state index is -0.555. The van der Waals surface area contributed by atoms with Gasteiger partial charge in [0.15, 0.2) is 0 Å². The van der Waals surface area contributed by atoms with Crippen LogP contribution in [0.4, 0.5) is 16.2 Å². The first-order chi connectivity index (χ1) is 17.8. The van der Waals surface area contributed by atoms with E-state index in [4.69, 9.17) is 22.1 Å². The van der Waals surface area contributed by atoms with Crippen molar-refractivity contribution < 1.29 is 24.2 Å². The molecule has 3 amide bonds. The Labute approximate surface area is 215 Å². The Morgan fingerprint density at radius 1 is 1.19 bits per heavy atom. The van der Waals surface area contributed by atoms with Gasteiger partial charge in [0.05, 0.1) is 18.4 Å². The first-order valence-corrected chi connectivity index (χ1v) is 12.2. The summed E-state index contributed by atoms with van der Waals surface area (Å²) in [4.78, 5) is 48.2. The summed E-state index contributed by atoms with van der Waals surface area (Å²) in [7, 11) is 1.28. The van der Waals surface area contributed by atoms with Crippen molar-refractivity contribution in [2.24, 2.45) is 5.73 Å². The lowest BCUT2D eigenvalue weighted by Gasteiger charge is -2.17. The van der Waals surface area contributed by atoms with Crippen LogP contribution < -0.4 is 15.5 Å². The number of alkyl halides is 1. The number of phenolic OH excluding ortho intramolecular Hbond substituents is 1. The zero-order chi connectivity index (χ0) is 26.0. The lowest BCUT2D eigenvalue weighted by atomic mass is 9.97. The van der Waals surface area contributed by atoms with Crippen molar-refractivity contribution in [3.8, 4) is 5.75 Å². The lowest BCUT2D eigenvalue weighted by molar-refractivity contribution is 0.0600. The summed E-state index contributed by atoms with van der Waals surface area (Å²) in [6, 6.07) is 8.04. The fourth-order valence-corrected chi connectivity index (χ4v) is 5.75. The van der Waals surface area contributed by atoms with Gasteiger partial charge in [-0.3, -0.25) is 14.7 Å². The number of hydrogen-bond acceptors (Lipinski definition) is 6. The summed E-state index contributed by atoms with van der Waals surface area (Å²) in [6.45, 7) is 0.782. The number of ether oxygens (including phenoxy) is 1. The zero-order valence-electron chi connectivity index (χ0n) is 19.7. The number of nitrogens with two attached hydrogens (primary N) is 1. The fraction of sp³-hybridized carbons (Fsp3) is 0.231. The topological polar surface area (TPSA) is 142 Å². The highest BCUT2D eigenvalue weighted by atomic mass is 35.5. The van der Waals surface area contributed by atoms with Gasteiger partial charge in [-0.2, -0.15) is 0 Å². The molecule has 1 unspecified atom stereocenters. The quantitative estimate of drug-likeness (QED) is 0.279. The molecule has 4 N–H and O–H groups in total. The van der Waals surface area contributed by atoms with E-state index in [0.717, 1.165) is 27.7 Å². The molecule has 0 bridgehead atoms. The number of esters is 1. The van der Waals surface area contributed by atoms with Crippen LogP contribution >= 0.6 is 11.6 Å². The van der Waals surface area contributed by atoms with Crippen LogP contribution in [0.1, 0.15) is 37.9 Å². The number of nitrogens with one attached hydrogen (secondary N) is 1. The van der Waals surface area contributed by atoms with E-state index in [-0.39, 0.29) is 29.0 Å². The number of amides is 3. The molecular weight excluding hydrogens is 498 g/mol. The van der Waals surface area contributed by atoms with Crippen LogP contribution in [0.25, 0.3) is 21.8 Å². The van der Waals surface area contributed by atoms with E-state index >= 15 is 0 Å². The fourth-order valence-electron chi connectivity index (χ4n) is 5.50. The molecule has 0 fully saturated rings. The summed E-state index contributed by atoms with van der Waals surface area (Å²) in [5.41, 5.74) is 10.1. The number of aromatic amines is 1. The average Bonchev–Trinajstić information content (AvgIpc) is 3.62. The Bertz CT molecular complexity index is 1650. The van der Waals surface area contributed by atoms with Crippen molar-refractivity contribution in [1.29, 1.82) is 0 Å². The summed E-state index contributed by atoms with van der Waals surface area (Å²) in [5.74, 6) is -0.974. The van der Waals surface area contributed by atoms with Gasteiger partial charge < -0.3 is 25.5 Å². The molecule has 1 atom stereocenters. The highest BCUT2D eigenvalue weighted by molar-refractivity contribution is 6.19. The van der Waals surface area contributed by atoms with E-state index in [9.17, 15) is 19.5 Å². The molecule has 0 aliphatic carbocycles. The van der Waals surface area contributed by atoms with Gasteiger partial charge in [0, 0.05) is 59.1 Å². The predicted molar refractivity (Wildman–Crippen MR) is 139 cm³/mol. The molecule has 4 aromatic rings. The van der Waals surface area contributed by atoms with Crippen molar-refractivity contribution in [3.05, 3.63) is 58.9 Å². The molecule has 0 spiro atoms. The normalized spacial score (nSPS) is 16.3. The third kappa shape index (κ3) is 3.40. The highest BCUT2D eigenvalue weighted by Crippen LogP contribution is 2.45. The van der Waals surface area contributed by atoms with Gasteiger partial charge in [-0.15, -0.1) is 11.6 Å². The van der Waals surface area contributed by atoms with Crippen LogP contribution in [0.5, 0.6) is 5.75 Å². The molecule has 2 aromatic heterocycles. The van der Waals surface area contributed by atoms with Crippen LogP contribution in [0.2, 0.25) is 0 Å². The second kappa shape index (κ2) is 8.38. The molecule has 2 aliphatic rings. The SMILES string of the molecule is COC(=O)c1cnc2c(O)cc3c(c2c1)C(CCl)CN3C(=O)c1cc2c3c(ccc2[nH]1)N(C(N)=O)CC3. The lowest BCUT2D eigenvalue weighted by Crippen LogP contribution is -2.33. The molecule has 6 rings (SSSR count). The molecule has 10 nitrogen and oxygen atoms in total. The number of anilines is 2. The Morgan fingerprint density at radius 2 is 2.00 bits per heavy atom. The molecule has 37 heavy (non-hydrogen) atoms. The van der Waals surface area contributed by atoms with E-state index in [2.05, 4.69) is 9.97 Å². The van der Waals surface area contributed by atoms with Gasteiger partial charge in [-0.05, 0) is 41.8 Å². The van der Waals surface area contributed by atoms with Gasteiger partial charge >= 0.3 is 12.0 Å². The average molecular weight is 520 g/mol. The number of aromatic hydroxyl groups is 1. The molecule has 2 aromatic carbocycles. The van der Waals surface area contributed by atoms with E-state index in [1.807, 2.05) is 12.1 Å². The molecule has 4 heterocycles. The Hall–Kier alpha value is -4.31. The molecule has 188 valence electrons. The maximum atomic E-state index is 13.8. The second-order valence-electron chi connectivity index (χ2n) is 9.15. The van der Waals surface area contributed by atoms with Gasteiger partial charge in [0.2, 0.25) is 0 Å². The summed E-state index contributed by atoms with van der Waals surface area (Å²) >= 11 is 6.33. The molecule has 2 aliphatic heterocycles. The Morgan fingerprint density at radius 3 is 2.73 bits per heavy atom. The third-order valence-electron chi connectivity index (χ3n) is 7.19. The van der Waals surface area contributed by atoms with E-state index < -0.39 is 12.0 Å². The monoisotopic (exact) mass is 519 g/mol. The molecule has 0 saturated heterocycles. The number of urea groups is 1. The number of carbonyl (C=O) groups is 3. The summed E-state index contributed by atoms with van der Waals surface area (Å²) in [6.07, 6.45) is 1.98. The second-order valence-corrected chi connectivity index (χ2v) is 9.46. The van der Waals surface area contributed by atoms with Crippen molar-refractivity contribution in [3.63, 3.8) is 0 Å². The van der Waals surface area contributed by atoms with Crippen LogP contribution in [0.3, 0.4) is 0 Å². The number of carbonyl (C=O) groups excluding carboxylic acids is 3. The maximum absolute atomic E-state index is 13.8. The zero-order valence-corrected chi connectivity index (χ0v) is 20.5. The molecule has 0 radical (unpaired) electrons. The third-order valence-corrected chi connectivity index (χ3v) is 7.56. The van der Waals surface area contributed by atoms with E-state index in [0.29, 0.717) is 41.8 Å². The highest BCUT2D eigenvalue weighted by Gasteiger charge is 2.36. The molecular formula is C26H22ClN5O5. The number of fused-ring (bicyclic) bond motifs is 6. The van der Waals surface area contributed by atoms with Crippen LogP contribution in [-0.2, 0) is 11.2 Å². The van der Waals surface area contributed by atoms with E-state index in [1.54, 1.807) is 17.0 Å². The Balaban J connectivity index is 1.45. The number of phenols is 1. The number of pyridine rings is 1. The predicted octanol–water partition coefficient (Wildman–Crippen LogP) is 3.63. The largest absolute Gasteiger partial charge is 0.506 e. The number of nitrogens with zero attached hydrogens (tertiary/aromatic N) is 3. The number of primary amides is 1. The first-order valence-electron chi connectivity index (χ1n) is 11.7. The van der Waals surface area contributed by atoms with Gasteiger partial charge in [-0.1, -0.05) is 0 Å². The Kier molecular flexibility index (Phi) is 5.23. The number of benzene rings is 2. The standard InChI is InChI=1S/C26H22ClN5O5/c1-37-25(35)12-6-16-22-13(9-27)11-32(20(22)8-21(33)23(16)29-10-12)24(34)18-7-15-14-4-5-31(26(28)36)19(14)3-2-17(15)30-18/h2-3,6-8,10,13,30,33H,4-5,9,11H2,1H3,(H2,28,36). The summed E-state index contributed by atoms with van der Waals surface area (Å²) < 4.78 is 4.82. The first kappa shape index (κ1) is 23.1. The van der Waals surface area contributed by atoms with Gasteiger partial charge in [0.25, 0.3) is 5.91 Å². The van der Waals surface area contributed by atoms with Crippen molar-refractivity contribution in [2.75, 3.05) is 35.9 Å². The van der Waals surface area contributed by atoms with Gasteiger partial charge in [-0.25, -0.2) is 9.59 Å². The van der Waals surface area contributed by atoms with Gasteiger partial charge in [0.1, 0.15) is 17.0 Å². The number of hydrogen-bond donors (Lipinski definition) is 3. The smallest absolute Gasteiger partial charge is 0.339 e.